The van der Waals surface area contributed by atoms with E-state index in [1.165, 1.54) is 18.2 Å². The molecule has 1 unspecified atom stereocenters. The molecule has 0 spiro atoms. The van der Waals surface area contributed by atoms with Crippen LogP contribution in [0.4, 0.5) is 11.5 Å². The molecule has 0 fully saturated rings. The zero-order chi connectivity index (χ0) is 25.1. The molecule has 1 radical (unpaired) electrons. The SMILES string of the molecule is Cc1cccc(NCCCCC(=O)NCC(=O)NC(CC(=O)O)c2ccc(C)c([N+](=O)[O-])c2)n1.[Na]. The number of aliphatic carboxylic acids is 1. The number of carboxylic acids is 1. The van der Waals surface area contributed by atoms with Gasteiger partial charge in [-0.05, 0) is 44.4 Å². The smallest absolute Gasteiger partial charge is 0.305 e. The molecule has 183 valence electrons. The van der Waals surface area contributed by atoms with Crippen molar-refractivity contribution in [3.05, 3.63) is 63.3 Å². The number of carboxylic acid groups (broad SMARTS) is 1. The Balaban J connectivity index is 0.00000612. The molecule has 2 rings (SSSR count). The van der Waals surface area contributed by atoms with Crippen LogP contribution in [0.1, 0.15) is 48.5 Å². The maximum absolute atomic E-state index is 12.3. The quantitative estimate of drug-likeness (QED) is 0.143. The third-order valence-corrected chi connectivity index (χ3v) is 5.02. The van der Waals surface area contributed by atoms with Crippen LogP contribution in [0.15, 0.2) is 36.4 Å². The second-order valence-electron chi connectivity index (χ2n) is 7.85. The number of pyridine rings is 1. The van der Waals surface area contributed by atoms with Gasteiger partial charge in [-0.3, -0.25) is 24.5 Å². The first-order valence-corrected chi connectivity index (χ1v) is 10.9. The first-order valence-electron chi connectivity index (χ1n) is 10.9. The Hall–Kier alpha value is -3.02. The molecule has 12 heteroatoms. The first kappa shape index (κ1) is 30.0. The van der Waals surface area contributed by atoms with Gasteiger partial charge in [-0.15, -0.1) is 0 Å². The normalized spacial score (nSPS) is 11.0. The number of anilines is 1. The Labute approximate surface area is 225 Å². The number of carbonyl (C=O) groups is 3. The molecule has 0 bridgehead atoms. The van der Waals surface area contributed by atoms with E-state index in [1.54, 1.807) is 6.92 Å². The van der Waals surface area contributed by atoms with Gasteiger partial charge in [0.1, 0.15) is 5.82 Å². The molecule has 35 heavy (non-hydrogen) atoms. The number of hydrogen-bond acceptors (Lipinski definition) is 7. The van der Waals surface area contributed by atoms with Crippen LogP contribution in [-0.2, 0) is 14.4 Å². The number of amides is 2. The fourth-order valence-electron chi connectivity index (χ4n) is 3.25. The topological polar surface area (TPSA) is 164 Å². The molecular weight excluding hydrogens is 465 g/mol. The van der Waals surface area contributed by atoms with Gasteiger partial charge in [0.25, 0.3) is 5.69 Å². The van der Waals surface area contributed by atoms with E-state index in [2.05, 4.69) is 20.9 Å². The van der Waals surface area contributed by atoms with E-state index in [0.29, 0.717) is 24.1 Å². The third-order valence-electron chi connectivity index (χ3n) is 5.02. The van der Waals surface area contributed by atoms with E-state index in [4.69, 9.17) is 0 Å². The number of nitrogens with zero attached hydrogens (tertiary/aromatic N) is 2. The number of rotatable bonds is 13. The summed E-state index contributed by atoms with van der Waals surface area (Å²) in [6.07, 6.45) is 1.13. The van der Waals surface area contributed by atoms with E-state index in [9.17, 15) is 29.6 Å². The van der Waals surface area contributed by atoms with Crippen LogP contribution in [0.5, 0.6) is 0 Å². The summed E-state index contributed by atoms with van der Waals surface area (Å²) in [5.41, 5.74) is 1.47. The van der Waals surface area contributed by atoms with Crippen LogP contribution in [0.25, 0.3) is 0 Å². The Kier molecular flexibility index (Phi) is 12.9. The average Bonchev–Trinajstić information content (AvgIpc) is 2.77. The number of nitrogens with one attached hydrogen (secondary N) is 3. The summed E-state index contributed by atoms with van der Waals surface area (Å²) < 4.78 is 0. The number of nitro groups is 1. The van der Waals surface area contributed by atoms with Crippen molar-refractivity contribution in [1.29, 1.82) is 0 Å². The monoisotopic (exact) mass is 494 g/mol. The standard InChI is InChI=1S/C23H29N5O6.Na/c1-15-9-10-17(12-19(15)28(33)34)18(13-23(31)32)27-22(30)14-25-21(29)8-3-4-11-24-20-7-5-6-16(2)26-20;/h5-7,9-10,12,18H,3-4,8,11,13-14H2,1-2H3,(H,24,26)(H,25,29)(H,27,30)(H,31,32);. The molecule has 1 heterocycles. The van der Waals surface area contributed by atoms with Gasteiger partial charge in [0.05, 0.1) is 23.9 Å². The number of unbranched alkanes of at least 4 members (excludes halogenated alkanes) is 1. The van der Waals surface area contributed by atoms with Crippen LogP contribution in [0, 0.1) is 24.0 Å². The van der Waals surface area contributed by atoms with E-state index in [-0.39, 0.29) is 54.1 Å². The van der Waals surface area contributed by atoms with E-state index in [1.807, 2.05) is 25.1 Å². The van der Waals surface area contributed by atoms with Gasteiger partial charge >= 0.3 is 5.97 Å². The molecule has 2 aromatic rings. The largest absolute Gasteiger partial charge is 0.481 e. The molecule has 1 atom stereocenters. The molecule has 0 aliphatic rings. The first-order chi connectivity index (χ1) is 16.2. The van der Waals surface area contributed by atoms with Gasteiger partial charge in [-0.25, -0.2) is 4.98 Å². The number of hydrogen-bond donors (Lipinski definition) is 4. The van der Waals surface area contributed by atoms with Crippen molar-refractivity contribution in [1.82, 2.24) is 15.6 Å². The predicted molar refractivity (Wildman–Crippen MR) is 131 cm³/mol. The molecule has 0 aliphatic carbocycles. The van der Waals surface area contributed by atoms with Gasteiger partial charge in [-0.2, -0.15) is 0 Å². The summed E-state index contributed by atoms with van der Waals surface area (Å²) in [5.74, 6) is -1.29. The zero-order valence-corrected chi connectivity index (χ0v) is 22.2. The molecule has 2 amide bonds. The van der Waals surface area contributed by atoms with Gasteiger partial charge in [-0.1, -0.05) is 18.2 Å². The minimum Gasteiger partial charge on any atom is -0.481 e. The minimum atomic E-state index is -1.17. The summed E-state index contributed by atoms with van der Waals surface area (Å²) in [4.78, 5) is 50.5. The van der Waals surface area contributed by atoms with Crippen LogP contribution < -0.4 is 16.0 Å². The third kappa shape index (κ3) is 10.8. The predicted octanol–water partition coefficient (Wildman–Crippen LogP) is 2.26. The van der Waals surface area contributed by atoms with Gasteiger partial charge in [0.2, 0.25) is 11.8 Å². The number of carbonyl (C=O) groups excluding carboxylic acids is 2. The van der Waals surface area contributed by atoms with Gasteiger partial charge in [0.15, 0.2) is 0 Å². The number of nitro benzene ring substituents is 1. The Morgan fingerprint density at radius 2 is 1.86 bits per heavy atom. The molecule has 0 saturated heterocycles. The Bertz CT molecular complexity index is 1050. The van der Waals surface area contributed by atoms with Crippen molar-refractivity contribution in [3.63, 3.8) is 0 Å². The summed E-state index contributed by atoms with van der Waals surface area (Å²) >= 11 is 0. The number of benzene rings is 1. The molecule has 1 aromatic carbocycles. The fraction of sp³-hybridized carbons (Fsp3) is 0.391. The maximum Gasteiger partial charge on any atom is 0.305 e. The van der Waals surface area contributed by atoms with Crippen LogP contribution in [-0.4, -0.2) is 75.4 Å². The summed E-state index contributed by atoms with van der Waals surface area (Å²) in [5, 5.41) is 28.6. The minimum absolute atomic E-state index is 0. The summed E-state index contributed by atoms with van der Waals surface area (Å²) in [6, 6.07) is 8.99. The van der Waals surface area contributed by atoms with Crippen LogP contribution in [0.3, 0.4) is 0 Å². The molecule has 0 aliphatic heterocycles. The molecule has 11 nitrogen and oxygen atoms in total. The number of aryl methyl sites for hydroxylation is 2. The van der Waals surface area contributed by atoms with Crippen molar-refractivity contribution >= 4 is 58.8 Å². The van der Waals surface area contributed by atoms with E-state index < -0.39 is 29.3 Å². The van der Waals surface area contributed by atoms with E-state index in [0.717, 1.165) is 17.9 Å². The summed E-state index contributed by atoms with van der Waals surface area (Å²) in [6.45, 7) is 3.80. The average molecular weight is 495 g/mol. The molecule has 4 N–H and O–H groups in total. The molecule has 0 saturated carbocycles. The zero-order valence-electron chi connectivity index (χ0n) is 20.2. The van der Waals surface area contributed by atoms with Crippen molar-refractivity contribution in [2.45, 2.75) is 45.6 Å². The van der Waals surface area contributed by atoms with Gasteiger partial charge < -0.3 is 21.1 Å². The van der Waals surface area contributed by atoms with Gasteiger partial charge in [0, 0.05) is 59.8 Å². The molecule has 1 aromatic heterocycles. The summed E-state index contributed by atoms with van der Waals surface area (Å²) in [7, 11) is 0. The maximum atomic E-state index is 12.3. The fourth-order valence-corrected chi connectivity index (χ4v) is 3.25. The second kappa shape index (κ2) is 15.1. The van der Waals surface area contributed by atoms with Crippen molar-refractivity contribution in [2.75, 3.05) is 18.4 Å². The number of aromatic nitrogens is 1. The van der Waals surface area contributed by atoms with Crippen molar-refractivity contribution in [2.24, 2.45) is 0 Å². The van der Waals surface area contributed by atoms with Crippen LogP contribution >= 0.6 is 0 Å². The van der Waals surface area contributed by atoms with E-state index >= 15 is 0 Å². The van der Waals surface area contributed by atoms with Crippen LogP contribution in [0.2, 0.25) is 0 Å². The van der Waals surface area contributed by atoms with Crippen molar-refractivity contribution in [3.8, 4) is 0 Å². The molecular formula is C23H29N5NaO6. The second-order valence-corrected chi connectivity index (χ2v) is 7.85. The Morgan fingerprint density at radius 1 is 1.11 bits per heavy atom. The van der Waals surface area contributed by atoms with Crippen molar-refractivity contribution < 1.29 is 24.4 Å². The Morgan fingerprint density at radius 3 is 2.51 bits per heavy atom.